The lowest BCUT2D eigenvalue weighted by Crippen LogP contribution is -1.89. The molecule has 0 spiro atoms. The predicted octanol–water partition coefficient (Wildman–Crippen LogP) is 12.8. The van der Waals surface area contributed by atoms with Gasteiger partial charge in [-0.2, -0.15) is 0 Å². The van der Waals surface area contributed by atoms with Crippen molar-refractivity contribution in [2.24, 2.45) is 0 Å². The van der Waals surface area contributed by atoms with E-state index in [2.05, 4.69) is 152 Å². The van der Waals surface area contributed by atoms with Crippen molar-refractivity contribution in [3.63, 3.8) is 0 Å². The van der Waals surface area contributed by atoms with Crippen LogP contribution in [0, 0.1) is 0 Å². The van der Waals surface area contributed by atoms with Gasteiger partial charge in [0, 0.05) is 32.7 Å². The van der Waals surface area contributed by atoms with Gasteiger partial charge in [0.25, 0.3) is 0 Å². The zero-order valence-electron chi connectivity index (χ0n) is 24.8. The smallest absolute Gasteiger partial charge is 0.144 e. The number of para-hydroxylation sites is 1. The fraction of sp³-hybridized carbons (Fsp3) is 0. The van der Waals surface area contributed by atoms with Crippen LogP contribution in [0.1, 0.15) is 0 Å². The maximum absolute atomic E-state index is 6.80. The summed E-state index contributed by atoms with van der Waals surface area (Å²) in [4.78, 5) is 0. The minimum Gasteiger partial charge on any atom is -0.456 e. The van der Waals surface area contributed by atoms with Gasteiger partial charge in [-0.05, 0) is 74.1 Å². The van der Waals surface area contributed by atoms with E-state index in [4.69, 9.17) is 8.83 Å². The van der Waals surface area contributed by atoms with Crippen molar-refractivity contribution in [3.05, 3.63) is 158 Å². The van der Waals surface area contributed by atoms with Crippen molar-refractivity contribution >= 4 is 65.4 Å². The Morgan fingerprint density at radius 1 is 0.326 bits per heavy atom. The average molecular weight is 587 g/mol. The van der Waals surface area contributed by atoms with Gasteiger partial charge in [0.1, 0.15) is 22.3 Å². The zero-order chi connectivity index (χ0) is 30.2. The van der Waals surface area contributed by atoms with E-state index in [1.165, 1.54) is 27.3 Å². The quantitative estimate of drug-likeness (QED) is 0.206. The highest BCUT2D eigenvalue weighted by Gasteiger charge is 2.23. The molecule has 8 aromatic carbocycles. The lowest BCUT2D eigenvalue weighted by molar-refractivity contribution is 0.669. The molecule has 0 saturated carbocycles. The molecule has 10 aromatic rings. The van der Waals surface area contributed by atoms with E-state index < -0.39 is 0 Å². The molecule has 2 aromatic heterocycles. The fourth-order valence-electron chi connectivity index (χ4n) is 7.42. The number of hydrogen-bond donors (Lipinski definition) is 0. The van der Waals surface area contributed by atoms with Gasteiger partial charge in [-0.25, -0.2) is 0 Å². The summed E-state index contributed by atoms with van der Waals surface area (Å²) >= 11 is 0. The van der Waals surface area contributed by atoms with E-state index >= 15 is 0 Å². The molecule has 0 aliphatic carbocycles. The van der Waals surface area contributed by atoms with Crippen molar-refractivity contribution in [1.82, 2.24) is 0 Å². The van der Waals surface area contributed by atoms with Crippen molar-refractivity contribution in [2.75, 3.05) is 0 Å². The maximum Gasteiger partial charge on any atom is 0.144 e. The molecule has 10 rings (SSSR count). The maximum atomic E-state index is 6.80. The van der Waals surface area contributed by atoms with Crippen molar-refractivity contribution < 1.29 is 8.83 Å². The van der Waals surface area contributed by atoms with E-state index in [0.29, 0.717) is 0 Å². The first kappa shape index (κ1) is 25.2. The molecule has 2 heteroatoms. The van der Waals surface area contributed by atoms with E-state index in [0.717, 1.165) is 71.5 Å². The lowest BCUT2D eigenvalue weighted by atomic mass is 9.87. The van der Waals surface area contributed by atoms with E-state index in [9.17, 15) is 0 Å². The Morgan fingerprint density at radius 2 is 0.978 bits per heavy atom. The van der Waals surface area contributed by atoms with Crippen LogP contribution in [-0.2, 0) is 0 Å². The Balaban J connectivity index is 1.30. The molecule has 0 bridgehead atoms. The molecular weight excluding hydrogens is 560 g/mol. The molecule has 0 aliphatic rings. The number of rotatable bonds is 3. The normalized spacial score (nSPS) is 11.9. The highest BCUT2D eigenvalue weighted by molar-refractivity contribution is 6.27. The molecule has 0 radical (unpaired) electrons. The third-order valence-electron chi connectivity index (χ3n) is 9.45. The molecule has 214 valence electrons. The van der Waals surface area contributed by atoms with Crippen LogP contribution in [0.2, 0.25) is 0 Å². The molecule has 0 saturated heterocycles. The first-order valence-electron chi connectivity index (χ1n) is 15.7. The molecule has 2 nitrogen and oxygen atoms in total. The van der Waals surface area contributed by atoms with Crippen LogP contribution in [-0.4, -0.2) is 0 Å². The molecule has 0 aliphatic heterocycles. The summed E-state index contributed by atoms with van der Waals surface area (Å²) in [6.45, 7) is 0. The van der Waals surface area contributed by atoms with E-state index in [1.807, 2.05) is 6.07 Å². The second kappa shape index (κ2) is 9.69. The zero-order valence-corrected chi connectivity index (χ0v) is 24.8. The number of fused-ring (bicyclic) bond motifs is 8. The minimum absolute atomic E-state index is 0.875. The molecule has 2 heterocycles. The Morgan fingerprint density at radius 3 is 1.85 bits per heavy atom. The SMILES string of the molecule is c1ccc(-c2cccc3oc4cc(-c5c6ccccc6c(-c6ccc7ccccc7c6)c6oc7ccccc7c56)ccc4c23)cc1. The Kier molecular flexibility index (Phi) is 5.31. The molecule has 0 unspecified atom stereocenters. The molecule has 0 atom stereocenters. The Bertz CT molecular complexity index is 2800. The van der Waals surface area contributed by atoms with Gasteiger partial charge < -0.3 is 8.83 Å². The van der Waals surface area contributed by atoms with Crippen LogP contribution >= 0.6 is 0 Å². The first-order chi connectivity index (χ1) is 22.8. The van der Waals surface area contributed by atoms with Crippen LogP contribution in [0.25, 0.3) is 98.8 Å². The third-order valence-corrected chi connectivity index (χ3v) is 9.45. The lowest BCUT2D eigenvalue weighted by Gasteiger charge is -2.15. The minimum atomic E-state index is 0.875. The van der Waals surface area contributed by atoms with Gasteiger partial charge >= 0.3 is 0 Å². The largest absolute Gasteiger partial charge is 0.456 e. The average Bonchev–Trinajstić information content (AvgIpc) is 3.69. The van der Waals surface area contributed by atoms with Crippen LogP contribution in [0.15, 0.2) is 167 Å². The standard InChI is InChI=1S/C44H26O2/c1-2-12-28(13-3-1)32-18-10-20-38-42(32)36-24-23-31(26-39(36)45-38)40-33-15-6-7-16-34(33)41(30-22-21-27-11-4-5-14-29(27)25-30)44-43(40)35-17-8-9-19-37(35)46-44/h1-26H. The van der Waals surface area contributed by atoms with Crippen LogP contribution < -0.4 is 0 Å². The molecular formula is C44H26O2. The van der Waals surface area contributed by atoms with Gasteiger partial charge in [0.2, 0.25) is 0 Å². The summed E-state index contributed by atoms with van der Waals surface area (Å²) in [5.74, 6) is 0. The van der Waals surface area contributed by atoms with Gasteiger partial charge in [-0.3, -0.25) is 0 Å². The van der Waals surface area contributed by atoms with E-state index in [-0.39, 0.29) is 0 Å². The van der Waals surface area contributed by atoms with Gasteiger partial charge in [0.15, 0.2) is 0 Å². The Labute approximate surface area is 264 Å². The summed E-state index contributed by atoms with van der Waals surface area (Å²) in [6.07, 6.45) is 0. The number of furan rings is 2. The molecule has 0 N–H and O–H groups in total. The highest BCUT2D eigenvalue weighted by Crippen LogP contribution is 2.48. The summed E-state index contributed by atoms with van der Waals surface area (Å²) < 4.78 is 13.4. The highest BCUT2D eigenvalue weighted by atomic mass is 16.3. The van der Waals surface area contributed by atoms with Gasteiger partial charge in [-0.1, -0.05) is 127 Å². The summed E-state index contributed by atoms with van der Waals surface area (Å²) in [5.41, 5.74) is 10.4. The van der Waals surface area contributed by atoms with Gasteiger partial charge in [-0.15, -0.1) is 0 Å². The summed E-state index contributed by atoms with van der Waals surface area (Å²) in [5, 5.41) is 9.27. The second-order valence-corrected chi connectivity index (χ2v) is 12.0. The van der Waals surface area contributed by atoms with Crippen LogP contribution in [0.3, 0.4) is 0 Å². The number of benzene rings is 8. The third kappa shape index (κ3) is 3.65. The second-order valence-electron chi connectivity index (χ2n) is 12.0. The molecule has 0 fully saturated rings. The molecule has 0 amide bonds. The summed E-state index contributed by atoms with van der Waals surface area (Å²) in [7, 11) is 0. The van der Waals surface area contributed by atoms with Crippen molar-refractivity contribution in [1.29, 1.82) is 0 Å². The van der Waals surface area contributed by atoms with Crippen LogP contribution in [0.5, 0.6) is 0 Å². The fourth-order valence-corrected chi connectivity index (χ4v) is 7.42. The number of hydrogen-bond acceptors (Lipinski definition) is 2. The monoisotopic (exact) mass is 586 g/mol. The predicted molar refractivity (Wildman–Crippen MR) is 192 cm³/mol. The first-order valence-corrected chi connectivity index (χ1v) is 15.7. The topological polar surface area (TPSA) is 26.3 Å². The molecule has 46 heavy (non-hydrogen) atoms. The van der Waals surface area contributed by atoms with Crippen LogP contribution in [0.4, 0.5) is 0 Å². The van der Waals surface area contributed by atoms with E-state index in [1.54, 1.807) is 0 Å². The Hall–Kier alpha value is -6.12. The van der Waals surface area contributed by atoms with Crippen molar-refractivity contribution in [3.8, 4) is 33.4 Å². The summed E-state index contributed by atoms with van der Waals surface area (Å²) in [6, 6.07) is 55.9. The van der Waals surface area contributed by atoms with Crippen molar-refractivity contribution in [2.45, 2.75) is 0 Å². The van der Waals surface area contributed by atoms with Gasteiger partial charge in [0.05, 0.1) is 0 Å².